The molecule has 0 N–H and O–H groups in total. The SMILES string of the molecule is CCCS(=O)c1ccccc1C(F)(F)F. The molecule has 1 aromatic rings. The summed E-state index contributed by atoms with van der Waals surface area (Å²) in [6.07, 6.45) is -3.83. The summed E-state index contributed by atoms with van der Waals surface area (Å²) in [6, 6.07) is 5.01. The van der Waals surface area contributed by atoms with Crippen LogP contribution in [-0.4, -0.2) is 9.96 Å². The van der Waals surface area contributed by atoms with Gasteiger partial charge in [0.05, 0.1) is 21.3 Å². The quantitative estimate of drug-likeness (QED) is 0.787. The number of hydrogen-bond acceptors (Lipinski definition) is 1. The average molecular weight is 236 g/mol. The van der Waals surface area contributed by atoms with Crippen LogP contribution in [0, 0.1) is 0 Å². The molecular weight excluding hydrogens is 225 g/mol. The number of rotatable bonds is 3. The summed E-state index contributed by atoms with van der Waals surface area (Å²) in [6.45, 7) is 1.79. The molecule has 15 heavy (non-hydrogen) atoms. The predicted molar refractivity (Wildman–Crippen MR) is 53.0 cm³/mol. The van der Waals surface area contributed by atoms with E-state index in [1.165, 1.54) is 18.2 Å². The molecule has 0 aliphatic heterocycles. The normalized spacial score (nSPS) is 13.9. The smallest absolute Gasteiger partial charge is 0.254 e. The highest BCUT2D eigenvalue weighted by Gasteiger charge is 2.34. The zero-order valence-electron chi connectivity index (χ0n) is 8.17. The molecule has 84 valence electrons. The third kappa shape index (κ3) is 3.06. The lowest BCUT2D eigenvalue weighted by molar-refractivity contribution is -0.139. The van der Waals surface area contributed by atoms with Gasteiger partial charge in [-0.3, -0.25) is 4.21 Å². The molecule has 0 aromatic heterocycles. The van der Waals surface area contributed by atoms with E-state index < -0.39 is 22.5 Å². The Morgan fingerprint density at radius 2 is 1.87 bits per heavy atom. The number of hydrogen-bond donors (Lipinski definition) is 0. The highest BCUT2D eigenvalue weighted by atomic mass is 32.2. The van der Waals surface area contributed by atoms with Crippen LogP contribution in [-0.2, 0) is 17.0 Å². The fourth-order valence-electron chi connectivity index (χ4n) is 1.19. The van der Waals surface area contributed by atoms with Crippen molar-refractivity contribution in [3.05, 3.63) is 29.8 Å². The lowest BCUT2D eigenvalue weighted by atomic mass is 10.2. The standard InChI is InChI=1S/C10H11F3OS/c1-2-7-15(14)9-6-4-3-5-8(9)10(11,12)13/h3-6H,2,7H2,1H3. The van der Waals surface area contributed by atoms with E-state index in [4.69, 9.17) is 0 Å². The molecule has 0 saturated carbocycles. The molecule has 0 spiro atoms. The average Bonchev–Trinajstić information content (AvgIpc) is 2.17. The Morgan fingerprint density at radius 3 is 2.40 bits per heavy atom. The van der Waals surface area contributed by atoms with Crippen LogP contribution in [0.15, 0.2) is 29.2 Å². The molecule has 1 rings (SSSR count). The van der Waals surface area contributed by atoms with Crippen molar-refractivity contribution in [2.45, 2.75) is 24.4 Å². The first-order valence-electron chi connectivity index (χ1n) is 4.51. The Balaban J connectivity index is 3.12. The van der Waals surface area contributed by atoms with Crippen molar-refractivity contribution < 1.29 is 17.4 Å². The molecule has 0 aliphatic carbocycles. The Labute approximate surface area is 88.8 Å². The van der Waals surface area contributed by atoms with Crippen LogP contribution in [0.5, 0.6) is 0 Å². The third-order valence-electron chi connectivity index (χ3n) is 1.83. The van der Waals surface area contributed by atoms with E-state index in [2.05, 4.69) is 0 Å². The molecule has 0 radical (unpaired) electrons. The summed E-state index contributed by atoms with van der Waals surface area (Å²) >= 11 is 0. The second-order valence-corrected chi connectivity index (χ2v) is 4.58. The fraction of sp³-hybridized carbons (Fsp3) is 0.400. The van der Waals surface area contributed by atoms with Crippen LogP contribution in [0.25, 0.3) is 0 Å². The van der Waals surface area contributed by atoms with Gasteiger partial charge < -0.3 is 0 Å². The fourth-order valence-corrected chi connectivity index (χ4v) is 2.44. The highest BCUT2D eigenvalue weighted by Crippen LogP contribution is 2.33. The van der Waals surface area contributed by atoms with Gasteiger partial charge in [0.1, 0.15) is 0 Å². The molecule has 1 atom stereocenters. The summed E-state index contributed by atoms with van der Waals surface area (Å²) in [5, 5.41) is 0. The Kier molecular flexibility index (Phi) is 3.90. The summed E-state index contributed by atoms with van der Waals surface area (Å²) < 4.78 is 49.1. The van der Waals surface area contributed by atoms with Gasteiger partial charge in [-0.2, -0.15) is 13.2 Å². The minimum Gasteiger partial charge on any atom is -0.254 e. The van der Waals surface area contributed by atoms with Crippen molar-refractivity contribution in [2.75, 3.05) is 5.75 Å². The third-order valence-corrected chi connectivity index (χ3v) is 3.45. The minimum atomic E-state index is -4.43. The highest BCUT2D eigenvalue weighted by molar-refractivity contribution is 7.85. The Morgan fingerprint density at radius 1 is 1.27 bits per heavy atom. The van der Waals surface area contributed by atoms with Gasteiger partial charge in [0, 0.05) is 5.75 Å². The maximum Gasteiger partial charge on any atom is 0.417 e. The van der Waals surface area contributed by atoms with E-state index in [1.54, 1.807) is 6.92 Å². The summed E-state index contributed by atoms with van der Waals surface area (Å²) in [5.74, 6) is 0.257. The van der Waals surface area contributed by atoms with Crippen LogP contribution in [0.4, 0.5) is 13.2 Å². The van der Waals surface area contributed by atoms with Crippen LogP contribution in [0.1, 0.15) is 18.9 Å². The molecule has 0 bridgehead atoms. The van der Waals surface area contributed by atoms with Crippen LogP contribution in [0.3, 0.4) is 0 Å². The van der Waals surface area contributed by atoms with Gasteiger partial charge in [-0.05, 0) is 18.6 Å². The predicted octanol–water partition coefficient (Wildman–Crippen LogP) is 3.22. The van der Waals surface area contributed by atoms with Crippen molar-refractivity contribution in [1.29, 1.82) is 0 Å². The molecule has 5 heteroatoms. The van der Waals surface area contributed by atoms with E-state index in [0.29, 0.717) is 6.42 Å². The topological polar surface area (TPSA) is 17.1 Å². The van der Waals surface area contributed by atoms with Crippen molar-refractivity contribution in [1.82, 2.24) is 0 Å². The van der Waals surface area contributed by atoms with Crippen molar-refractivity contribution in [3.63, 3.8) is 0 Å². The number of halogens is 3. The molecule has 0 heterocycles. The molecule has 1 nitrogen and oxygen atoms in total. The maximum absolute atomic E-state index is 12.5. The zero-order chi connectivity index (χ0) is 11.5. The number of benzene rings is 1. The summed E-state index contributed by atoms with van der Waals surface area (Å²) in [5.41, 5.74) is -0.795. The lowest BCUT2D eigenvalue weighted by Crippen LogP contribution is -2.11. The molecule has 0 amide bonds. The molecular formula is C10H11F3OS. The van der Waals surface area contributed by atoms with E-state index in [-0.39, 0.29) is 10.6 Å². The number of alkyl halides is 3. The van der Waals surface area contributed by atoms with E-state index in [9.17, 15) is 17.4 Å². The maximum atomic E-state index is 12.5. The van der Waals surface area contributed by atoms with Crippen molar-refractivity contribution >= 4 is 10.8 Å². The molecule has 0 fully saturated rings. The van der Waals surface area contributed by atoms with Gasteiger partial charge >= 0.3 is 6.18 Å². The zero-order valence-corrected chi connectivity index (χ0v) is 8.99. The van der Waals surface area contributed by atoms with E-state index >= 15 is 0 Å². The van der Waals surface area contributed by atoms with Crippen molar-refractivity contribution in [3.8, 4) is 0 Å². The van der Waals surface area contributed by atoms with E-state index in [0.717, 1.165) is 6.07 Å². The molecule has 1 aromatic carbocycles. The lowest BCUT2D eigenvalue weighted by Gasteiger charge is -2.11. The minimum absolute atomic E-state index is 0.119. The van der Waals surface area contributed by atoms with Gasteiger partial charge in [-0.15, -0.1) is 0 Å². The van der Waals surface area contributed by atoms with Crippen LogP contribution < -0.4 is 0 Å². The second kappa shape index (κ2) is 4.79. The van der Waals surface area contributed by atoms with Gasteiger partial charge in [-0.1, -0.05) is 19.1 Å². The summed E-state index contributed by atoms with van der Waals surface area (Å²) in [4.78, 5) is -0.119. The van der Waals surface area contributed by atoms with Crippen LogP contribution in [0.2, 0.25) is 0 Å². The first kappa shape index (κ1) is 12.2. The van der Waals surface area contributed by atoms with Gasteiger partial charge in [0.25, 0.3) is 0 Å². The largest absolute Gasteiger partial charge is 0.417 e. The summed E-state index contributed by atoms with van der Waals surface area (Å²) in [7, 11) is -1.56. The van der Waals surface area contributed by atoms with Gasteiger partial charge in [0.15, 0.2) is 0 Å². The first-order chi connectivity index (χ1) is 6.96. The Bertz CT molecular complexity index is 360. The molecule has 0 saturated heterocycles. The molecule has 0 aliphatic rings. The Hall–Kier alpha value is -0.840. The second-order valence-electron chi connectivity index (χ2n) is 3.04. The van der Waals surface area contributed by atoms with Gasteiger partial charge in [0.2, 0.25) is 0 Å². The van der Waals surface area contributed by atoms with Crippen LogP contribution >= 0.6 is 0 Å². The van der Waals surface area contributed by atoms with E-state index in [1.807, 2.05) is 0 Å². The monoisotopic (exact) mass is 236 g/mol. The first-order valence-corrected chi connectivity index (χ1v) is 5.83. The van der Waals surface area contributed by atoms with Crippen molar-refractivity contribution in [2.24, 2.45) is 0 Å². The molecule has 1 unspecified atom stereocenters. The van der Waals surface area contributed by atoms with Gasteiger partial charge in [-0.25, -0.2) is 0 Å².